The standard InChI is InChI=1S/C14H15BrN4O/c15-6-12-5-14(20)19(8-12)13-3-1-2-11(4-13)7-18-10-16-9-17-18/h1-4,9-10,12H,5-8H2. The largest absolute Gasteiger partial charge is 0.312 e. The Morgan fingerprint density at radius 2 is 2.30 bits per heavy atom. The lowest BCUT2D eigenvalue weighted by Crippen LogP contribution is -2.24. The summed E-state index contributed by atoms with van der Waals surface area (Å²) in [5.41, 5.74) is 2.08. The second-order valence-electron chi connectivity index (χ2n) is 4.99. The highest BCUT2D eigenvalue weighted by Crippen LogP contribution is 2.26. The first-order valence-electron chi connectivity index (χ1n) is 6.54. The molecule has 1 atom stereocenters. The van der Waals surface area contributed by atoms with Crippen molar-refractivity contribution in [2.75, 3.05) is 16.8 Å². The van der Waals surface area contributed by atoms with Gasteiger partial charge >= 0.3 is 0 Å². The average molecular weight is 335 g/mol. The quantitative estimate of drug-likeness (QED) is 0.804. The number of anilines is 1. The van der Waals surface area contributed by atoms with Crippen molar-refractivity contribution in [2.24, 2.45) is 5.92 Å². The lowest BCUT2D eigenvalue weighted by molar-refractivity contribution is -0.117. The third kappa shape index (κ3) is 2.75. The van der Waals surface area contributed by atoms with Gasteiger partial charge in [-0.25, -0.2) is 9.67 Å². The second kappa shape index (κ2) is 5.75. The molecule has 2 aromatic rings. The maximum Gasteiger partial charge on any atom is 0.227 e. The summed E-state index contributed by atoms with van der Waals surface area (Å²) in [5.74, 6) is 0.605. The van der Waals surface area contributed by atoms with Crippen molar-refractivity contribution in [2.45, 2.75) is 13.0 Å². The molecule has 3 rings (SSSR count). The van der Waals surface area contributed by atoms with Crippen LogP contribution in [0.1, 0.15) is 12.0 Å². The number of benzene rings is 1. The first-order valence-corrected chi connectivity index (χ1v) is 7.66. The van der Waals surface area contributed by atoms with Gasteiger partial charge in [-0.05, 0) is 23.6 Å². The third-order valence-corrected chi connectivity index (χ3v) is 4.37. The minimum absolute atomic E-state index is 0.201. The molecule has 6 heteroatoms. The molecule has 1 saturated heterocycles. The minimum Gasteiger partial charge on any atom is -0.312 e. The van der Waals surface area contributed by atoms with Gasteiger partial charge in [-0.3, -0.25) is 4.79 Å². The summed E-state index contributed by atoms with van der Waals surface area (Å²) in [5, 5.41) is 4.97. The van der Waals surface area contributed by atoms with Gasteiger partial charge in [0.05, 0.1) is 6.54 Å². The van der Waals surface area contributed by atoms with Crippen molar-refractivity contribution in [1.29, 1.82) is 0 Å². The molecule has 0 aliphatic carbocycles. The summed E-state index contributed by atoms with van der Waals surface area (Å²) in [7, 11) is 0. The lowest BCUT2D eigenvalue weighted by Gasteiger charge is -2.17. The first kappa shape index (κ1) is 13.3. The molecule has 1 amide bonds. The number of carbonyl (C=O) groups excluding carboxylic acids is 1. The predicted octanol–water partition coefficient (Wildman–Crippen LogP) is 2.07. The molecule has 1 unspecified atom stereocenters. The van der Waals surface area contributed by atoms with Crippen LogP contribution in [0.25, 0.3) is 0 Å². The number of rotatable bonds is 4. The van der Waals surface area contributed by atoms with Crippen LogP contribution in [0, 0.1) is 5.92 Å². The molecule has 0 bridgehead atoms. The number of carbonyl (C=O) groups is 1. The van der Waals surface area contributed by atoms with E-state index in [-0.39, 0.29) is 5.91 Å². The maximum absolute atomic E-state index is 12.0. The fraction of sp³-hybridized carbons (Fsp3) is 0.357. The Bertz CT molecular complexity index is 599. The van der Waals surface area contributed by atoms with Gasteiger partial charge in [0.2, 0.25) is 5.91 Å². The molecule has 0 spiro atoms. The molecule has 5 nitrogen and oxygen atoms in total. The van der Waals surface area contributed by atoms with E-state index in [4.69, 9.17) is 0 Å². The fourth-order valence-electron chi connectivity index (χ4n) is 2.46. The molecule has 1 aliphatic heterocycles. The normalized spacial score (nSPS) is 18.8. The Kier molecular flexibility index (Phi) is 3.82. The number of hydrogen-bond acceptors (Lipinski definition) is 3. The SMILES string of the molecule is O=C1CC(CBr)CN1c1cccc(Cn2cncn2)c1. The fourth-order valence-corrected chi connectivity index (χ4v) is 2.89. The monoisotopic (exact) mass is 334 g/mol. The number of nitrogens with zero attached hydrogens (tertiary/aromatic N) is 4. The summed E-state index contributed by atoms with van der Waals surface area (Å²) in [6, 6.07) is 8.06. The van der Waals surface area contributed by atoms with Crippen LogP contribution in [-0.4, -0.2) is 32.5 Å². The molecule has 0 radical (unpaired) electrons. The molecule has 20 heavy (non-hydrogen) atoms. The highest BCUT2D eigenvalue weighted by Gasteiger charge is 2.29. The smallest absolute Gasteiger partial charge is 0.227 e. The highest BCUT2D eigenvalue weighted by atomic mass is 79.9. The number of amides is 1. The number of halogens is 1. The Hall–Kier alpha value is -1.69. The number of aromatic nitrogens is 3. The Labute approximate surface area is 125 Å². The molecule has 0 saturated carbocycles. The van der Waals surface area contributed by atoms with Crippen molar-refractivity contribution in [3.8, 4) is 0 Å². The molecule has 2 heterocycles. The topological polar surface area (TPSA) is 51.0 Å². The second-order valence-corrected chi connectivity index (χ2v) is 5.64. The first-order chi connectivity index (χ1) is 9.76. The number of hydrogen-bond donors (Lipinski definition) is 0. The van der Waals surface area contributed by atoms with Gasteiger partial charge in [-0.15, -0.1) is 0 Å². The summed E-state index contributed by atoms with van der Waals surface area (Å²) >= 11 is 3.46. The van der Waals surface area contributed by atoms with E-state index < -0.39 is 0 Å². The van der Waals surface area contributed by atoms with E-state index in [0.717, 1.165) is 23.1 Å². The summed E-state index contributed by atoms with van der Waals surface area (Å²) in [4.78, 5) is 17.9. The van der Waals surface area contributed by atoms with E-state index in [1.54, 1.807) is 11.0 Å². The summed E-state index contributed by atoms with van der Waals surface area (Å²) in [6.45, 7) is 1.45. The van der Waals surface area contributed by atoms with Gasteiger partial charge in [-0.2, -0.15) is 5.10 Å². The zero-order chi connectivity index (χ0) is 13.9. The zero-order valence-electron chi connectivity index (χ0n) is 10.9. The van der Waals surface area contributed by atoms with Gasteiger partial charge in [0.15, 0.2) is 0 Å². The highest BCUT2D eigenvalue weighted by molar-refractivity contribution is 9.09. The van der Waals surface area contributed by atoms with Crippen LogP contribution in [0.4, 0.5) is 5.69 Å². The molecule has 104 valence electrons. The van der Waals surface area contributed by atoms with Crippen molar-refractivity contribution in [1.82, 2.24) is 14.8 Å². The van der Waals surface area contributed by atoms with Gasteiger partial charge in [0.25, 0.3) is 0 Å². The van der Waals surface area contributed by atoms with Crippen LogP contribution in [0.3, 0.4) is 0 Å². The van der Waals surface area contributed by atoms with E-state index >= 15 is 0 Å². The van der Waals surface area contributed by atoms with E-state index in [1.807, 2.05) is 23.1 Å². The zero-order valence-corrected chi connectivity index (χ0v) is 12.5. The van der Waals surface area contributed by atoms with Crippen molar-refractivity contribution < 1.29 is 4.79 Å². The third-order valence-electron chi connectivity index (χ3n) is 3.46. The molecular formula is C14H15BrN4O. The van der Waals surface area contributed by atoms with Crippen molar-refractivity contribution in [3.63, 3.8) is 0 Å². The molecular weight excluding hydrogens is 320 g/mol. The summed E-state index contributed by atoms with van der Waals surface area (Å²) < 4.78 is 1.77. The van der Waals surface area contributed by atoms with E-state index in [1.165, 1.54) is 6.33 Å². The van der Waals surface area contributed by atoms with Crippen molar-refractivity contribution in [3.05, 3.63) is 42.5 Å². The van der Waals surface area contributed by atoms with E-state index in [9.17, 15) is 4.79 Å². The van der Waals surface area contributed by atoms with Gasteiger partial charge in [0.1, 0.15) is 12.7 Å². The van der Waals surface area contributed by atoms with E-state index in [0.29, 0.717) is 18.9 Å². The van der Waals surface area contributed by atoms with Crippen LogP contribution in [0.2, 0.25) is 0 Å². The number of alkyl halides is 1. The Morgan fingerprint density at radius 3 is 3.00 bits per heavy atom. The van der Waals surface area contributed by atoms with Crippen LogP contribution in [0.5, 0.6) is 0 Å². The minimum atomic E-state index is 0.201. The van der Waals surface area contributed by atoms with Crippen LogP contribution in [-0.2, 0) is 11.3 Å². The van der Waals surface area contributed by atoms with Crippen molar-refractivity contribution >= 4 is 27.5 Å². The van der Waals surface area contributed by atoms with Gasteiger partial charge in [0, 0.05) is 24.0 Å². The Balaban J connectivity index is 1.79. The van der Waals surface area contributed by atoms with Gasteiger partial charge in [-0.1, -0.05) is 28.1 Å². The van der Waals surface area contributed by atoms with Crippen LogP contribution >= 0.6 is 15.9 Å². The predicted molar refractivity (Wildman–Crippen MR) is 79.8 cm³/mol. The lowest BCUT2D eigenvalue weighted by atomic mass is 10.1. The molecule has 1 aliphatic rings. The van der Waals surface area contributed by atoms with E-state index in [2.05, 4.69) is 32.1 Å². The molecule has 1 aromatic heterocycles. The Morgan fingerprint density at radius 1 is 1.40 bits per heavy atom. The van der Waals surface area contributed by atoms with Gasteiger partial charge < -0.3 is 4.90 Å². The molecule has 1 fully saturated rings. The molecule has 0 N–H and O–H groups in total. The average Bonchev–Trinajstić information content (AvgIpc) is 3.08. The maximum atomic E-state index is 12.0. The summed E-state index contributed by atoms with van der Waals surface area (Å²) in [6.07, 6.45) is 3.83. The van der Waals surface area contributed by atoms with Crippen LogP contribution in [0.15, 0.2) is 36.9 Å². The van der Waals surface area contributed by atoms with Crippen LogP contribution < -0.4 is 4.90 Å². The molecule has 1 aromatic carbocycles.